The Morgan fingerprint density at radius 1 is 1.21 bits per heavy atom. The number of nitrogens with zero attached hydrogens (tertiary/aromatic N) is 1. The van der Waals surface area contributed by atoms with E-state index in [0.29, 0.717) is 17.7 Å². The van der Waals surface area contributed by atoms with Crippen LogP contribution in [0.25, 0.3) is 0 Å². The van der Waals surface area contributed by atoms with Crippen LogP contribution in [0, 0.1) is 17.5 Å². The highest BCUT2D eigenvalue weighted by atomic mass is 19.2. The first-order valence-electron chi connectivity index (χ1n) is 7.14. The molecule has 0 unspecified atom stereocenters. The molecule has 1 aliphatic rings. The molecule has 3 rings (SSSR count). The van der Waals surface area contributed by atoms with Crippen molar-refractivity contribution in [1.82, 2.24) is 10.5 Å². The van der Waals surface area contributed by atoms with Gasteiger partial charge in [-0.05, 0) is 25.0 Å². The van der Waals surface area contributed by atoms with Gasteiger partial charge in [0.1, 0.15) is 5.76 Å². The third-order valence-electron chi connectivity index (χ3n) is 3.46. The van der Waals surface area contributed by atoms with Crippen molar-refractivity contribution in [3.8, 4) is 0 Å². The molecular weight excluding hydrogens is 327 g/mol. The van der Waals surface area contributed by atoms with Crippen molar-refractivity contribution in [3.63, 3.8) is 0 Å². The summed E-state index contributed by atoms with van der Waals surface area (Å²) in [7, 11) is 0. The molecule has 0 radical (unpaired) electrons. The second kappa shape index (κ2) is 6.34. The van der Waals surface area contributed by atoms with Crippen LogP contribution in [-0.2, 0) is 4.79 Å². The second-order valence-corrected chi connectivity index (χ2v) is 5.34. The Balaban J connectivity index is 1.55. The minimum Gasteiger partial charge on any atom is -0.360 e. The molecule has 1 aliphatic carbocycles. The van der Waals surface area contributed by atoms with Crippen molar-refractivity contribution in [2.24, 2.45) is 0 Å². The maximum absolute atomic E-state index is 13.4. The van der Waals surface area contributed by atoms with Crippen LogP contribution in [0.1, 0.15) is 35.0 Å². The minimum atomic E-state index is -1.69. The van der Waals surface area contributed by atoms with Gasteiger partial charge in [-0.2, -0.15) is 0 Å². The van der Waals surface area contributed by atoms with Crippen LogP contribution >= 0.6 is 0 Å². The monoisotopic (exact) mass is 339 g/mol. The Bertz CT molecular complexity index is 803. The number of hydrogen-bond donors (Lipinski definition) is 2. The molecule has 24 heavy (non-hydrogen) atoms. The SMILES string of the molecule is O=C(CNC(=O)c1cc(C2CC2)on1)Nc1ccc(F)c(F)c1F. The lowest BCUT2D eigenvalue weighted by Gasteiger charge is -2.07. The fourth-order valence-corrected chi connectivity index (χ4v) is 2.02. The van der Waals surface area contributed by atoms with E-state index in [4.69, 9.17) is 4.52 Å². The Hall–Kier alpha value is -2.84. The Morgan fingerprint density at radius 2 is 1.96 bits per heavy atom. The van der Waals surface area contributed by atoms with Crippen LogP contribution < -0.4 is 10.6 Å². The number of carbonyl (C=O) groups is 2. The van der Waals surface area contributed by atoms with Gasteiger partial charge in [0.15, 0.2) is 23.1 Å². The second-order valence-electron chi connectivity index (χ2n) is 5.34. The molecule has 6 nitrogen and oxygen atoms in total. The summed E-state index contributed by atoms with van der Waals surface area (Å²) in [6, 6.07) is 3.06. The van der Waals surface area contributed by atoms with Crippen molar-refractivity contribution in [2.45, 2.75) is 18.8 Å². The van der Waals surface area contributed by atoms with Crippen molar-refractivity contribution in [2.75, 3.05) is 11.9 Å². The van der Waals surface area contributed by atoms with Crippen LogP contribution in [0.15, 0.2) is 22.7 Å². The van der Waals surface area contributed by atoms with Crippen LogP contribution in [-0.4, -0.2) is 23.5 Å². The van der Waals surface area contributed by atoms with Gasteiger partial charge in [-0.1, -0.05) is 5.16 Å². The van der Waals surface area contributed by atoms with E-state index in [9.17, 15) is 22.8 Å². The van der Waals surface area contributed by atoms with Gasteiger partial charge in [0, 0.05) is 12.0 Å². The summed E-state index contributed by atoms with van der Waals surface area (Å²) in [5.41, 5.74) is -0.491. The third-order valence-corrected chi connectivity index (χ3v) is 3.46. The van der Waals surface area contributed by atoms with E-state index in [1.165, 1.54) is 6.07 Å². The van der Waals surface area contributed by atoms with E-state index in [1.807, 2.05) is 5.32 Å². The normalized spacial score (nSPS) is 13.6. The number of rotatable bonds is 5. The van der Waals surface area contributed by atoms with Gasteiger partial charge < -0.3 is 15.2 Å². The van der Waals surface area contributed by atoms with E-state index in [-0.39, 0.29) is 5.69 Å². The van der Waals surface area contributed by atoms with E-state index in [2.05, 4.69) is 10.5 Å². The fourth-order valence-electron chi connectivity index (χ4n) is 2.02. The fraction of sp³-hybridized carbons (Fsp3) is 0.267. The zero-order valence-corrected chi connectivity index (χ0v) is 12.2. The number of anilines is 1. The Kier molecular flexibility index (Phi) is 4.24. The van der Waals surface area contributed by atoms with Crippen LogP contribution in [0.3, 0.4) is 0 Å². The number of halogens is 3. The van der Waals surface area contributed by atoms with Gasteiger partial charge in [-0.25, -0.2) is 13.2 Å². The first-order chi connectivity index (χ1) is 11.5. The van der Waals surface area contributed by atoms with E-state index in [0.717, 1.165) is 18.9 Å². The summed E-state index contributed by atoms with van der Waals surface area (Å²) in [6.45, 7) is -0.497. The standard InChI is InChI=1S/C15H12F3N3O3/c16-8-3-4-9(14(18)13(8)17)20-12(22)6-19-15(23)10-5-11(24-21-10)7-1-2-7/h3-5,7H,1-2,6H2,(H,19,23)(H,20,22). The van der Waals surface area contributed by atoms with Crippen molar-refractivity contribution >= 4 is 17.5 Å². The predicted octanol–water partition coefficient (Wildman–Crippen LogP) is 2.34. The average Bonchev–Trinajstić information content (AvgIpc) is 3.30. The van der Waals surface area contributed by atoms with E-state index in [1.54, 1.807) is 0 Å². The van der Waals surface area contributed by atoms with Crippen LogP contribution in [0.2, 0.25) is 0 Å². The van der Waals surface area contributed by atoms with Crippen molar-refractivity contribution in [3.05, 3.63) is 47.1 Å². The molecule has 0 spiro atoms. The maximum atomic E-state index is 13.4. The molecule has 126 valence electrons. The molecule has 2 amide bonds. The zero-order chi connectivity index (χ0) is 17.3. The lowest BCUT2D eigenvalue weighted by atomic mass is 10.2. The minimum absolute atomic E-state index is 0.0312. The predicted molar refractivity (Wildman–Crippen MR) is 75.8 cm³/mol. The summed E-state index contributed by atoms with van der Waals surface area (Å²) in [5, 5.41) is 7.92. The number of benzene rings is 1. The Labute approximate surface area is 134 Å². The first-order valence-corrected chi connectivity index (χ1v) is 7.14. The highest BCUT2D eigenvalue weighted by molar-refractivity contribution is 5.98. The molecular formula is C15H12F3N3O3. The highest BCUT2D eigenvalue weighted by Crippen LogP contribution is 2.40. The number of hydrogen-bond acceptors (Lipinski definition) is 4. The molecule has 0 aliphatic heterocycles. The van der Waals surface area contributed by atoms with Gasteiger partial charge >= 0.3 is 0 Å². The maximum Gasteiger partial charge on any atom is 0.273 e. The van der Waals surface area contributed by atoms with Gasteiger partial charge in [0.2, 0.25) is 5.91 Å². The quantitative estimate of drug-likeness (QED) is 0.819. The number of nitrogens with one attached hydrogen (secondary N) is 2. The molecule has 0 atom stereocenters. The molecule has 1 aromatic heterocycles. The van der Waals surface area contributed by atoms with E-state index >= 15 is 0 Å². The first kappa shape index (κ1) is 16.0. The Morgan fingerprint density at radius 3 is 2.67 bits per heavy atom. The third kappa shape index (κ3) is 3.39. The molecule has 2 N–H and O–H groups in total. The molecule has 2 aromatic rings. The smallest absolute Gasteiger partial charge is 0.273 e. The van der Waals surface area contributed by atoms with Gasteiger partial charge in [0.05, 0.1) is 12.2 Å². The zero-order valence-electron chi connectivity index (χ0n) is 12.2. The molecule has 1 heterocycles. The van der Waals surface area contributed by atoms with Crippen molar-refractivity contribution < 1.29 is 27.3 Å². The topological polar surface area (TPSA) is 84.2 Å². The molecule has 1 fully saturated rings. The van der Waals surface area contributed by atoms with Gasteiger partial charge in [-0.3, -0.25) is 9.59 Å². The van der Waals surface area contributed by atoms with Crippen LogP contribution in [0.4, 0.5) is 18.9 Å². The molecule has 0 bridgehead atoms. The largest absolute Gasteiger partial charge is 0.360 e. The van der Waals surface area contributed by atoms with Gasteiger partial charge in [-0.15, -0.1) is 0 Å². The lowest BCUT2D eigenvalue weighted by molar-refractivity contribution is -0.115. The highest BCUT2D eigenvalue weighted by Gasteiger charge is 2.29. The summed E-state index contributed by atoms with van der Waals surface area (Å²) in [4.78, 5) is 23.5. The van der Waals surface area contributed by atoms with E-state index < -0.39 is 41.5 Å². The summed E-state index contributed by atoms with van der Waals surface area (Å²) in [6.07, 6.45) is 1.97. The van der Waals surface area contributed by atoms with Crippen LogP contribution in [0.5, 0.6) is 0 Å². The molecule has 1 aromatic carbocycles. The number of amides is 2. The number of aromatic nitrogens is 1. The summed E-state index contributed by atoms with van der Waals surface area (Å²) in [5.74, 6) is -5.10. The van der Waals surface area contributed by atoms with Gasteiger partial charge in [0.25, 0.3) is 5.91 Å². The summed E-state index contributed by atoms with van der Waals surface area (Å²) < 4.78 is 44.3. The molecule has 0 saturated heterocycles. The lowest BCUT2D eigenvalue weighted by Crippen LogP contribution is -2.33. The van der Waals surface area contributed by atoms with Crippen molar-refractivity contribution in [1.29, 1.82) is 0 Å². The average molecular weight is 339 g/mol. The summed E-state index contributed by atoms with van der Waals surface area (Å²) >= 11 is 0. The molecule has 9 heteroatoms. The number of carbonyl (C=O) groups excluding carboxylic acids is 2. The molecule has 1 saturated carbocycles.